The number of carbonyl (C=O) groups excluding carboxylic acids is 1. The van der Waals surface area contributed by atoms with E-state index >= 15 is 0 Å². The van der Waals surface area contributed by atoms with E-state index in [1.165, 1.54) is 20.3 Å². The molecule has 1 heterocycles. The molecule has 0 aliphatic carbocycles. The SMILES string of the molecule is COc1ccc(C(=O)N=Nc2c(O)n(C(C)C)c3ccc(Br)cc23)cc1OC. The maximum absolute atomic E-state index is 12.5. The summed E-state index contributed by atoms with van der Waals surface area (Å²) in [6, 6.07) is 10.4. The molecule has 0 atom stereocenters. The molecule has 0 saturated carbocycles. The second-order valence-corrected chi connectivity index (χ2v) is 7.29. The molecule has 0 aliphatic rings. The van der Waals surface area contributed by atoms with E-state index in [-0.39, 0.29) is 17.6 Å². The molecule has 146 valence electrons. The van der Waals surface area contributed by atoms with Crippen LogP contribution in [0.2, 0.25) is 0 Å². The van der Waals surface area contributed by atoms with Gasteiger partial charge in [0.1, 0.15) is 0 Å². The number of carbonyl (C=O) groups is 1. The summed E-state index contributed by atoms with van der Waals surface area (Å²) in [6.07, 6.45) is 0. The molecule has 2 aromatic carbocycles. The summed E-state index contributed by atoms with van der Waals surface area (Å²) in [5, 5.41) is 19.2. The monoisotopic (exact) mass is 445 g/mol. The Kier molecular flexibility index (Phi) is 5.69. The van der Waals surface area contributed by atoms with Crippen molar-refractivity contribution in [3.8, 4) is 17.4 Å². The van der Waals surface area contributed by atoms with Crippen LogP contribution < -0.4 is 9.47 Å². The number of rotatable bonds is 5. The molecule has 0 unspecified atom stereocenters. The number of aromatic nitrogens is 1. The van der Waals surface area contributed by atoms with Crippen LogP contribution in [0.15, 0.2) is 51.1 Å². The van der Waals surface area contributed by atoms with E-state index in [0.717, 1.165) is 9.99 Å². The van der Waals surface area contributed by atoms with E-state index in [1.54, 1.807) is 16.7 Å². The highest BCUT2D eigenvalue weighted by atomic mass is 79.9. The molecule has 3 aromatic rings. The number of hydrogen-bond donors (Lipinski definition) is 1. The summed E-state index contributed by atoms with van der Waals surface area (Å²) in [5.74, 6) is 0.345. The molecule has 0 bridgehead atoms. The molecule has 3 rings (SSSR count). The lowest BCUT2D eigenvalue weighted by Gasteiger charge is -2.10. The molecular weight excluding hydrogens is 426 g/mol. The van der Waals surface area contributed by atoms with Gasteiger partial charge >= 0.3 is 0 Å². The van der Waals surface area contributed by atoms with Crippen LogP contribution in [-0.4, -0.2) is 29.8 Å². The molecule has 0 radical (unpaired) electrons. The van der Waals surface area contributed by atoms with Gasteiger partial charge < -0.3 is 19.1 Å². The predicted octanol–water partition coefficient (Wildman–Crippen LogP) is 5.63. The van der Waals surface area contributed by atoms with Crippen LogP contribution in [0.1, 0.15) is 30.2 Å². The summed E-state index contributed by atoms with van der Waals surface area (Å²) in [7, 11) is 3.01. The van der Waals surface area contributed by atoms with E-state index in [1.807, 2.05) is 32.0 Å². The highest BCUT2D eigenvalue weighted by Crippen LogP contribution is 2.42. The first kappa shape index (κ1) is 19.9. The van der Waals surface area contributed by atoms with Crippen LogP contribution in [0, 0.1) is 0 Å². The maximum atomic E-state index is 12.5. The van der Waals surface area contributed by atoms with Gasteiger partial charge in [0.2, 0.25) is 5.88 Å². The number of hydrogen-bond acceptors (Lipinski definition) is 5. The minimum Gasteiger partial charge on any atom is -0.493 e. The van der Waals surface area contributed by atoms with Gasteiger partial charge in [0.15, 0.2) is 17.2 Å². The Labute approximate surface area is 170 Å². The third-order valence-electron chi connectivity index (χ3n) is 4.30. The Hall–Kier alpha value is -2.87. The summed E-state index contributed by atoms with van der Waals surface area (Å²) >= 11 is 3.43. The fraction of sp³-hybridized carbons (Fsp3) is 0.250. The first-order valence-corrected chi connectivity index (χ1v) is 9.37. The molecule has 0 saturated heterocycles. The molecule has 0 aliphatic heterocycles. The molecule has 0 spiro atoms. The fourth-order valence-corrected chi connectivity index (χ4v) is 3.36. The number of halogens is 1. The standard InChI is InChI=1S/C20H20BrN3O4/c1-11(2)24-15-7-6-13(21)10-14(15)18(20(24)26)22-23-19(25)12-5-8-16(27-3)17(9-12)28-4/h5-11,26H,1-4H3. The zero-order chi connectivity index (χ0) is 20.4. The van der Waals surface area contributed by atoms with Gasteiger partial charge in [0.05, 0.1) is 19.7 Å². The molecule has 28 heavy (non-hydrogen) atoms. The Morgan fingerprint density at radius 3 is 2.46 bits per heavy atom. The summed E-state index contributed by atoms with van der Waals surface area (Å²) < 4.78 is 13.0. The molecule has 1 aromatic heterocycles. The zero-order valence-electron chi connectivity index (χ0n) is 15.9. The van der Waals surface area contributed by atoms with Crippen LogP contribution in [0.25, 0.3) is 10.9 Å². The maximum Gasteiger partial charge on any atom is 0.295 e. The first-order chi connectivity index (χ1) is 13.4. The number of ether oxygens (including phenoxy) is 2. The second kappa shape index (κ2) is 8.02. The lowest BCUT2D eigenvalue weighted by atomic mass is 10.2. The van der Waals surface area contributed by atoms with Crippen molar-refractivity contribution in [3.05, 3.63) is 46.4 Å². The Bertz CT molecular complexity index is 1070. The lowest BCUT2D eigenvalue weighted by molar-refractivity contribution is 0.0994. The van der Waals surface area contributed by atoms with Gasteiger partial charge in [-0.3, -0.25) is 4.79 Å². The first-order valence-electron chi connectivity index (χ1n) is 8.57. The number of aromatic hydroxyl groups is 1. The normalized spacial score (nSPS) is 11.5. The quantitative estimate of drug-likeness (QED) is 0.515. The van der Waals surface area contributed by atoms with Crippen LogP contribution in [0.5, 0.6) is 17.4 Å². The third kappa shape index (κ3) is 3.60. The second-order valence-electron chi connectivity index (χ2n) is 6.37. The van der Waals surface area contributed by atoms with Gasteiger partial charge in [-0.1, -0.05) is 15.9 Å². The molecule has 7 nitrogen and oxygen atoms in total. The van der Waals surface area contributed by atoms with E-state index in [9.17, 15) is 9.90 Å². The van der Waals surface area contributed by atoms with Crippen molar-refractivity contribution >= 4 is 38.4 Å². The lowest BCUT2D eigenvalue weighted by Crippen LogP contribution is -1.99. The number of benzene rings is 2. The van der Waals surface area contributed by atoms with Crippen molar-refractivity contribution in [2.75, 3.05) is 14.2 Å². The van der Waals surface area contributed by atoms with E-state index in [4.69, 9.17) is 9.47 Å². The summed E-state index contributed by atoms with van der Waals surface area (Å²) in [5.41, 5.74) is 1.36. The van der Waals surface area contributed by atoms with Crippen LogP contribution in [0.4, 0.5) is 5.69 Å². The van der Waals surface area contributed by atoms with Crippen molar-refractivity contribution in [1.82, 2.24) is 4.57 Å². The molecule has 1 N–H and O–H groups in total. The van der Waals surface area contributed by atoms with Gasteiger partial charge in [-0.05, 0) is 50.2 Å². The Balaban J connectivity index is 2.03. The predicted molar refractivity (Wildman–Crippen MR) is 110 cm³/mol. The van der Waals surface area contributed by atoms with Crippen molar-refractivity contribution in [2.45, 2.75) is 19.9 Å². The van der Waals surface area contributed by atoms with Gasteiger partial charge in [0.25, 0.3) is 5.91 Å². The van der Waals surface area contributed by atoms with Crippen LogP contribution in [0.3, 0.4) is 0 Å². The van der Waals surface area contributed by atoms with E-state index in [2.05, 4.69) is 26.2 Å². The Morgan fingerprint density at radius 1 is 1.11 bits per heavy atom. The average molecular weight is 446 g/mol. The molecule has 8 heteroatoms. The van der Waals surface area contributed by atoms with Gasteiger partial charge in [-0.25, -0.2) is 0 Å². The van der Waals surface area contributed by atoms with Crippen LogP contribution >= 0.6 is 15.9 Å². The van der Waals surface area contributed by atoms with Gasteiger partial charge in [-0.15, -0.1) is 10.2 Å². The van der Waals surface area contributed by atoms with Crippen molar-refractivity contribution in [3.63, 3.8) is 0 Å². The molecule has 1 amide bonds. The number of azo groups is 1. The van der Waals surface area contributed by atoms with Crippen LogP contribution in [-0.2, 0) is 0 Å². The zero-order valence-corrected chi connectivity index (χ0v) is 17.5. The topological polar surface area (TPSA) is 85.4 Å². The fourth-order valence-electron chi connectivity index (χ4n) is 3.00. The van der Waals surface area contributed by atoms with E-state index in [0.29, 0.717) is 22.4 Å². The molecule has 0 fully saturated rings. The summed E-state index contributed by atoms with van der Waals surface area (Å²) in [6.45, 7) is 3.91. The third-order valence-corrected chi connectivity index (χ3v) is 4.79. The Morgan fingerprint density at radius 2 is 1.82 bits per heavy atom. The van der Waals surface area contributed by atoms with E-state index < -0.39 is 5.91 Å². The highest BCUT2D eigenvalue weighted by Gasteiger charge is 2.19. The molecular formula is C20H20BrN3O4. The van der Waals surface area contributed by atoms with Gasteiger partial charge in [0, 0.05) is 21.5 Å². The minimum absolute atomic E-state index is 0.00850. The number of amides is 1. The highest BCUT2D eigenvalue weighted by molar-refractivity contribution is 9.10. The van der Waals surface area contributed by atoms with Crippen molar-refractivity contribution in [1.29, 1.82) is 0 Å². The largest absolute Gasteiger partial charge is 0.493 e. The van der Waals surface area contributed by atoms with Gasteiger partial charge in [-0.2, -0.15) is 0 Å². The number of fused-ring (bicyclic) bond motifs is 1. The smallest absolute Gasteiger partial charge is 0.295 e. The average Bonchev–Trinajstić information content (AvgIpc) is 2.96. The minimum atomic E-state index is -0.555. The number of methoxy groups -OCH3 is 2. The number of nitrogens with zero attached hydrogens (tertiary/aromatic N) is 3. The van der Waals surface area contributed by atoms with Crippen molar-refractivity contribution < 1.29 is 19.4 Å². The van der Waals surface area contributed by atoms with Crippen molar-refractivity contribution in [2.24, 2.45) is 10.2 Å². The summed E-state index contributed by atoms with van der Waals surface area (Å²) in [4.78, 5) is 12.5.